The van der Waals surface area contributed by atoms with Crippen molar-refractivity contribution in [3.8, 4) is 0 Å². The van der Waals surface area contributed by atoms with Crippen LogP contribution in [0.4, 0.5) is 0 Å². The molecule has 0 unspecified atom stereocenters. The normalized spacial score (nSPS) is 15.0. The molecule has 1 aliphatic rings. The number of imide groups is 1. The summed E-state index contributed by atoms with van der Waals surface area (Å²) in [4.78, 5) is 49.4. The number of sulfone groups is 1. The van der Waals surface area contributed by atoms with Crippen LogP contribution >= 0.6 is 22.6 Å². The van der Waals surface area contributed by atoms with Crippen LogP contribution in [0.5, 0.6) is 0 Å². The zero-order valence-electron chi connectivity index (χ0n) is 11.5. The topological polar surface area (TPSA) is 127 Å². The third-order valence-corrected chi connectivity index (χ3v) is 5.02. The van der Waals surface area contributed by atoms with Crippen molar-refractivity contribution in [2.45, 2.75) is 19.3 Å². The molecule has 0 bridgehead atoms. The van der Waals surface area contributed by atoms with Crippen LogP contribution in [0.2, 0.25) is 0 Å². The van der Waals surface area contributed by atoms with E-state index in [-0.39, 0.29) is 35.5 Å². The highest BCUT2D eigenvalue weighted by Gasteiger charge is 2.32. The first-order chi connectivity index (χ1) is 10.2. The highest BCUT2D eigenvalue weighted by molar-refractivity contribution is 14.1. The molecule has 1 aliphatic heterocycles. The van der Waals surface area contributed by atoms with Gasteiger partial charge in [0.05, 0.1) is 22.4 Å². The quantitative estimate of drug-likeness (QED) is 0.286. The molecule has 11 heteroatoms. The number of hydrogen-bond donors (Lipinski definition) is 1. The van der Waals surface area contributed by atoms with Crippen LogP contribution in [0, 0.1) is 0 Å². The summed E-state index contributed by atoms with van der Waals surface area (Å²) in [5.74, 6) is -3.28. The second-order valence-electron chi connectivity index (χ2n) is 4.43. The first-order valence-electron chi connectivity index (χ1n) is 6.35. The highest BCUT2D eigenvalue weighted by Crippen LogP contribution is 2.12. The second-order valence-corrected chi connectivity index (χ2v) is 7.50. The minimum Gasteiger partial charge on any atom is -0.354 e. The first kappa shape index (κ1) is 18.8. The van der Waals surface area contributed by atoms with E-state index in [2.05, 4.69) is 10.2 Å². The van der Waals surface area contributed by atoms with Crippen LogP contribution < -0.4 is 5.32 Å². The largest absolute Gasteiger partial charge is 0.354 e. The molecule has 1 N–H and O–H groups in total. The van der Waals surface area contributed by atoms with Crippen molar-refractivity contribution in [3.63, 3.8) is 0 Å². The lowest BCUT2D eigenvalue weighted by Crippen LogP contribution is -2.33. The molecule has 0 aromatic carbocycles. The molecule has 9 nitrogen and oxygen atoms in total. The van der Waals surface area contributed by atoms with Gasteiger partial charge in [-0.2, -0.15) is 0 Å². The van der Waals surface area contributed by atoms with E-state index in [1.54, 1.807) is 0 Å². The van der Waals surface area contributed by atoms with Crippen molar-refractivity contribution in [3.05, 3.63) is 0 Å². The molecule has 1 saturated heterocycles. The monoisotopic (exact) mass is 446 g/mol. The molecule has 1 fully saturated rings. The molecule has 124 valence electrons. The lowest BCUT2D eigenvalue weighted by atomic mass is 10.4. The molecule has 0 aliphatic carbocycles. The van der Waals surface area contributed by atoms with Crippen molar-refractivity contribution in [1.29, 1.82) is 0 Å². The fraction of sp³-hybridized carbons (Fsp3) is 0.636. The Bertz CT molecular complexity index is 559. The molecule has 3 amide bonds. The number of hydrogen-bond acceptors (Lipinski definition) is 7. The zero-order valence-corrected chi connectivity index (χ0v) is 14.5. The Balaban J connectivity index is 2.34. The Morgan fingerprint density at radius 2 is 1.77 bits per heavy atom. The lowest BCUT2D eigenvalue weighted by molar-refractivity contribution is -0.197. The number of amides is 3. The number of halogens is 1. The van der Waals surface area contributed by atoms with Gasteiger partial charge in [-0.3, -0.25) is 14.4 Å². The van der Waals surface area contributed by atoms with Crippen molar-refractivity contribution in [1.82, 2.24) is 10.4 Å². The average molecular weight is 446 g/mol. The minimum atomic E-state index is -3.55. The fourth-order valence-electron chi connectivity index (χ4n) is 1.54. The number of rotatable bonds is 8. The first-order valence-corrected chi connectivity index (χ1v) is 9.69. The van der Waals surface area contributed by atoms with E-state index in [1.165, 1.54) is 0 Å². The van der Waals surface area contributed by atoms with Gasteiger partial charge >= 0.3 is 5.97 Å². The van der Waals surface area contributed by atoms with Gasteiger partial charge in [0.2, 0.25) is 5.91 Å². The van der Waals surface area contributed by atoms with Gasteiger partial charge < -0.3 is 10.2 Å². The summed E-state index contributed by atoms with van der Waals surface area (Å²) in [7, 11) is -3.55. The zero-order chi connectivity index (χ0) is 16.8. The van der Waals surface area contributed by atoms with Crippen molar-refractivity contribution in [2.75, 3.05) is 22.5 Å². The molecule has 1 heterocycles. The van der Waals surface area contributed by atoms with Crippen molar-refractivity contribution >= 4 is 56.1 Å². The summed E-state index contributed by atoms with van der Waals surface area (Å²) in [5.41, 5.74) is 0. The molecule has 0 aromatic rings. The third kappa shape index (κ3) is 6.25. The van der Waals surface area contributed by atoms with Gasteiger partial charge in [-0.1, -0.05) is 22.6 Å². The van der Waals surface area contributed by atoms with E-state index in [0.29, 0.717) is 5.06 Å². The second kappa shape index (κ2) is 8.41. The number of hydroxylamine groups is 2. The maximum absolute atomic E-state index is 11.7. The highest BCUT2D eigenvalue weighted by atomic mass is 127. The third-order valence-electron chi connectivity index (χ3n) is 2.67. The number of alkyl halides is 1. The standard InChI is InChI=1S/C11H15IN2O7S/c12-7-8(15)13-4-6-22(19,20)5-3-11(18)21-14-9(16)1-2-10(14)17/h1-7H2,(H,13,15). The van der Waals surface area contributed by atoms with E-state index in [9.17, 15) is 27.6 Å². The predicted octanol–water partition coefficient (Wildman–Crippen LogP) is -1.05. The molecular formula is C11H15IN2O7S. The SMILES string of the molecule is O=C(CI)NCCS(=O)(=O)CCC(=O)ON1C(=O)CCC1=O. The summed E-state index contributed by atoms with van der Waals surface area (Å²) in [5, 5.41) is 2.78. The molecule has 22 heavy (non-hydrogen) atoms. The molecule has 0 atom stereocenters. The van der Waals surface area contributed by atoms with Gasteiger partial charge in [-0.25, -0.2) is 13.2 Å². The number of nitrogens with zero attached hydrogens (tertiary/aromatic N) is 1. The Kier molecular flexibility index (Phi) is 7.19. The van der Waals surface area contributed by atoms with Gasteiger partial charge in [0, 0.05) is 19.4 Å². The van der Waals surface area contributed by atoms with Gasteiger partial charge in [-0.05, 0) is 0 Å². The summed E-state index contributed by atoms with van der Waals surface area (Å²) in [6.07, 6.45) is -0.526. The van der Waals surface area contributed by atoms with Crippen LogP contribution in [0.3, 0.4) is 0 Å². The van der Waals surface area contributed by atoms with Crippen LogP contribution in [0.15, 0.2) is 0 Å². The molecule has 0 aromatic heterocycles. The molecular weight excluding hydrogens is 431 g/mol. The van der Waals surface area contributed by atoms with E-state index in [1.807, 2.05) is 22.6 Å². The Labute approximate surface area is 140 Å². The Morgan fingerprint density at radius 3 is 2.32 bits per heavy atom. The maximum atomic E-state index is 11.7. The summed E-state index contributed by atoms with van der Waals surface area (Å²) >= 11 is 1.84. The van der Waals surface area contributed by atoms with Gasteiger partial charge in [-0.15, -0.1) is 5.06 Å². The number of carbonyl (C=O) groups excluding carboxylic acids is 4. The Hall–Kier alpha value is -1.24. The summed E-state index contributed by atoms with van der Waals surface area (Å²) < 4.78 is 23.5. The van der Waals surface area contributed by atoms with E-state index in [0.717, 1.165) is 0 Å². The average Bonchev–Trinajstić information content (AvgIpc) is 2.76. The van der Waals surface area contributed by atoms with Gasteiger partial charge in [0.25, 0.3) is 11.8 Å². The lowest BCUT2D eigenvalue weighted by Gasteiger charge is -2.12. The van der Waals surface area contributed by atoms with E-state index < -0.39 is 39.8 Å². The summed E-state index contributed by atoms with van der Waals surface area (Å²) in [6.45, 7) is -0.0394. The maximum Gasteiger partial charge on any atom is 0.334 e. The van der Waals surface area contributed by atoms with Crippen LogP contribution in [-0.2, 0) is 33.9 Å². The van der Waals surface area contributed by atoms with E-state index in [4.69, 9.17) is 0 Å². The van der Waals surface area contributed by atoms with Crippen LogP contribution in [0.25, 0.3) is 0 Å². The van der Waals surface area contributed by atoms with Crippen molar-refractivity contribution < 1.29 is 32.4 Å². The smallest absolute Gasteiger partial charge is 0.334 e. The molecule has 1 rings (SSSR count). The van der Waals surface area contributed by atoms with Gasteiger partial charge in [0.15, 0.2) is 9.84 Å². The van der Waals surface area contributed by atoms with E-state index >= 15 is 0 Å². The number of carbonyl (C=O) groups is 4. The predicted molar refractivity (Wildman–Crippen MR) is 82.3 cm³/mol. The fourth-order valence-corrected chi connectivity index (χ4v) is 2.90. The molecule has 0 saturated carbocycles. The number of nitrogens with one attached hydrogen (secondary N) is 1. The van der Waals surface area contributed by atoms with Crippen LogP contribution in [-0.4, -0.2) is 59.6 Å². The summed E-state index contributed by atoms with van der Waals surface area (Å²) in [6, 6.07) is 0. The van der Waals surface area contributed by atoms with Crippen molar-refractivity contribution in [2.24, 2.45) is 0 Å². The van der Waals surface area contributed by atoms with Crippen LogP contribution in [0.1, 0.15) is 19.3 Å². The van der Waals surface area contributed by atoms with Gasteiger partial charge in [0.1, 0.15) is 0 Å². The minimum absolute atomic E-state index is 0.0269. The molecule has 0 spiro atoms. The molecule has 0 radical (unpaired) electrons. The Morgan fingerprint density at radius 1 is 1.18 bits per heavy atom.